The van der Waals surface area contributed by atoms with Crippen LogP contribution in [0.5, 0.6) is 0 Å². The predicted octanol–water partition coefficient (Wildman–Crippen LogP) is 3.48. The van der Waals surface area contributed by atoms with Gasteiger partial charge < -0.3 is 9.80 Å². The largest absolute Gasteiger partial charge is 0.378 e. The minimum atomic E-state index is -2.41. The third-order valence-electron chi connectivity index (χ3n) is 6.85. The average molecular weight is 435 g/mol. The van der Waals surface area contributed by atoms with Crippen LogP contribution in [0.1, 0.15) is 5.56 Å². The van der Waals surface area contributed by atoms with E-state index in [1.807, 2.05) is 0 Å². The first kappa shape index (κ1) is 20.6. The molecule has 0 aliphatic carbocycles. The Hall–Kier alpha value is -3.30. The molecular formula is C29H30N2Si. The second kappa shape index (κ2) is 7.68. The second-order valence-electron chi connectivity index (χ2n) is 9.19. The lowest BCUT2D eigenvalue weighted by Gasteiger charge is -2.32. The molecule has 4 aromatic rings. The van der Waals surface area contributed by atoms with Crippen LogP contribution in [0.4, 0.5) is 11.4 Å². The van der Waals surface area contributed by atoms with Crippen molar-refractivity contribution in [3.63, 3.8) is 0 Å². The lowest BCUT2D eigenvalue weighted by Crippen LogP contribution is -2.72. The average Bonchev–Trinajstić information content (AvgIpc) is 3.09. The number of hydrogen-bond donors (Lipinski definition) is 0. The van der Waals surface area contributed by atoms with Crippen LogP contribution in [0.3, 0.4) is 0 Å². The van der Waals surface area contributed by atoms with Crippen LogP contribution in [0, 0.1) is 6.92 Å². The van der Waals surface area contributed by atoms with Gasteiger partial charge in [-0.1, -0.05) is 72.8 Å². The smallest absolute Gasteiger partial charge is 0.180 e. The van der Waals surface area contributed by atoms with Crippen LogP contribution in [0.15, 0.2) is 91.0 Å². The highest BCUT2D eigenvalue weighted by molar-refractivity contribution is 7.22. The molecule has 4 aromatic carbocycles. The first-order chi connectivity index (χ1) is 15.4. The summed E-state index contributed by atoms with van der Waals surface area (Å²) in [6, 6.07) is 34.4. The minimum Gasteiger partial charge on any atom is -0.378 e. The number of fused-ring (bicyclic) bond motifs is 3. The Morgan fingerprint density at radius 1 is 0.562 bits per heavy atom. The fourth-order valence-corrected chi connectivity index (χ4v) is 10.6. The summed E-state index contributed by atoms with van der Waals surface area (Å²) in [6.07, 6.45) is 0. The van der Waals surface area contributed by atoms with Crippen molar-refractivity contribution >= 4 is 40.2 Å². The van der Waals surface area contributed by atoms with Crippen molar-refractivity contribution in [3.05, 3.63) is 96.6 Å². The predicted molar refractivity (Wildman–Crippen MR) is 142 cm³/mol. The zero-order valence-electron chi connectivity index (χ0n) is 19.6. The van der Waals surface area contributed by atoms with E-state index in [1.165, 1.54) is 48.8 Å². The highest BCUT2D eigenvalue weighted by atomic mass is 28.3. The molecule has 3 heteroatoms. The Balaban J connectivity index is 1.96. The van der Waals surface area contributed by atoms with E-state index in [9.17, 15) is 0 Å². The summed E-state index contributed by atoms with van der Waals surface area (Å²) in [7, 11) is 6.11. The maximum atomic E-state index is 2.48. The summed E-state index contributed by atoms with van der Waals surface area (Å²) >= 11 is 0. The molecule has 160 valence electrons. The molecule has 0 radical (unpaired) electrons. The van der Waals surface area contributed by atoms with Gasteiger partial charge in [0.2, 0.25) is 0 Å². The summed E-state index contributed by atoms with van der Waals surface area (Å²) in [5, 5.41) is 5.89. The first-order valence-corrected chi connectivity index (χ1v) is 13.2. The summed E-state index contributed by atoms with van der Waals surface area (Å²) in [6.45, 7) is 2.25. The Morgan fingerprint density at radius 2 is 1.12 bits per heavy atom. The molecule has 1 aliphatic rings. The van der Waals surface area contributed by atoms with Crippen molar-refractivity contribution in [1.29, 1.82) is 0 Å². The molecule has 0 N–H and O–H groups in total. The number of rotatable bonds is 4. The van der Waals surface area contributed by atoms with Gasteiger partial charge in [0.25, 0.3) is 0 Å². The lowest BCUT2D eigenvalue weighted by molar-refractivity contribution is 1.12. The number of hydrogen-bond acceptors (Lipinski definition) is 2. The molecule has 32 heavy (non-hydrogen) atoms. The third kappa shape index (κ3) is 2.92. The van der Waals surface area contributed by atoms with Crippen LogP contribution >= 0.6 is 0 Å². The van der Waals surface area contributed by atoms with Crippen molar-refractivity contribution in [1.82, 2.24) is 0 Å². The molecule has 0 aromatic heterocycles. The summed E-state index contributed by atoms with van der Waals surface area (Å²) in [5.74, 6) is 0. The van der Waals surface area contributed by atoms with Gasteiger partial charge in [0, 0.05) is 39.6 Å². The van der Waals surface area contributed by atoms with Gasteiger partial charge in [-0.2, -0.15) is 0 Å². The van der Waals surface area contributed by atoms with E-state index < -0.39 is 8.07 Å². The van der Waals surface area contributed by atoms with Gasteiger partial charge in [-0.25, -0.2) is 0 Å². The monoisotopic (exact) mass is 434 g/mol. The molecule has 1 aliphatic heterocycles. The van der Waals surface area contributed by atoms with Gasteiger partial charge in [0.1, 0.15) is 0 Å². The van der Waals surface area contributed by atoms with E-state index in [0.29, 0.717) is 0 Å². The van der Waals surface area contributed by atoms with Crippen molar-refractivity contribution in [2.75, 3.05) is 38.0 Å². The maximum absolute atomic E-state index is 2.48. The molecule has 0 fully saturated rings. The van der Waals surface area contributed by atoms with Crippen LogP contribution in [-0.2, 0) is 0 Å². The summed E-state index contributed by atoms with van der Waals surface area (Å²) in [5.41, 5.74) is 6.63. The zero-order valence-corrected chi connectivity index (χ0v) is 20.6. The van der Waals surface area contributed by atoms with E-state index >= 15 is 0 Å². The van der Waals surface area contributed by atoms with E-state index in [-0.39, 0.29) is 0 Å². The number of nitrogens with zero attached hydrogens (tertiary/aromatic N) is 2. The Morgan fingerprint density at radius 3 is 1.66 bits per heavy atom. The van der Waals surface area contributed by atoms with Crippen molar-refractivity contribution in [2.24, 2.45) is 0 Å². The molecule has 0 saturated carbocycles. The fourth-order valence-electron chi connectivity index (χ4n) is 5.38. The van der Waals surface area contributed by atoms with Gasteiger partial charge in [0.15, 0.2) is 8.07 Å². The van der Waals surface area contributed by atoms with E-state index in [0.717, 1.165) is 0 Å². The number of anilines is 2. The third-order valence-corrected chi connectivity index (χ3v) is 11.7. The Kier molecular flexibility index (Phi) is 4.94. The minimum absolute atomic E-state index is 1.24. The van der Waals surface area contributed by atoms with Gasteiger partial charge >= 0.3 is 0 Å². The molecule has 0 amide bonds. The number of aryl methyl sites for hydroxylation is 1. The van der Waals surface area contributed by atoms with E-state index in [1.54, 1.807) is 0 Å². The van der Waals surface area contributed by atoms with Gasteiger partial charge in [0.05, 0.1) is 0 Å². The van der Waals surface area contributed by atoms with Crippen molar-refractivity contribution in [3.8, 4) is 11.1 Å². The zero-order chi connectivity index (χ0) is 22.5. The van der Waals surface area contributed by atoms with Gasteiger partial charge in [-0.05, 0) is 62.6 Å². The van der Waals surface area contributed by atoms with Gasteiger partial charge in [-0.3, -0.25) is 0 Å². The van der Waals surface area contributed by atoms with Crippen LogP contribution in [-0.4, -0.2) is 36.3 Å². The molecule has 0 saturated heterocycles. The Bertz CT molecular complexity index is 1240. The van der Waals surface area contributed by atoms with Crippen molar-refractivity contribution < 1.29 is 0 Å². The normalized spacial score (nSPS) is 13.4. The van der Waals surface area contributed by atoms with E-state index in [2.05, 4.69) is 136 Å². The maximum Gasteiger partial charge on any atom is 0.180 e. The Labute approximate surface area is 192 Å². The summed E-state index contributed by atoms with van der Waals surface area (Å²) in [4.78, 5) is 4.44. The topological polar surface area (TPSA) is 6.48 Å². The van der Waals surface area contributed by atoms with Crippen molar-refractivity contribution in [2.45, 2.75) is 6.92 Å². The number of benzene rings is 4. The summed E-state index contributed by atoms with van der Waals surface area (Å²) < 4.78 is 0. The molecular weight excluding hydrogens is 404 g/mol. The van der Waals surface area contributed by atoms with Crippen LogP contribution < -0.4 is 30.5 Å². The van der Waals surface area contributed by atoms with E-state index in [4.69, 9.17) is 0 Å². The van der Waals surface area contributed by atoms with Crippen LogP contribution in [0.25, 0.3) is 11.1 Å². The van der Waals surface area contributed by atoms with Gasteiger partial charge in [-0.15, -0.1) is 0 Å². The highest BCUT2D eigenvalue weighted by Crippen LogP contribution is 2.34. The molecule has 2 nitrogen and oxygen atoms in total. The molecule has 5 rings (SSSR count). The highest BCUT2D eigenvalue weighted by Gasteiger charge is 2.49. The quantitative estimate of drug-likeness (QED) is 0.400. The standard InChI is InChI=1S/C29H30N2Si/c1-21-18-29-26(20-27(21)31(4)5)25-19-22(30(2)3)16-17-28(25)32(29,23-12-8-6-9-13-23)24-14-10-7-11-15-24/h6-20H,1-5H3. The SMILES string of the molecule is Cc1cc2c(cc1N(C)C)-c1cc(N(C)C)ccc1[Si]2(c1ccccc1)c1ccccc1. The molecule has 0 atom stereocenters. The molecule has 1 heterocycles. The first-order valence-electron chi connectivity index (χ1n) is 11.2. The molecule has 0 bridgehead atoms. The van der Waals surface area contributed by atoms with Crippen LogP contribution in [0.2, 0.25) is 0 Å². The molecule has 0 spiro atoms. The fraction of sp³-hybridized carbons (Fsp3) is 0.172. The second-order valence-corrected chi connectivity index (χ2v) is 12.9. The lowest BCUT2D eigenvalue weighted by atomic mass is 10.0. The molecule has 0 unspecified atom stereocenters.